The number of aryl methyl sites for hydroxylation is 1. The van der Waals surface area contributed by atoms with E-state index < -0.39 is 34.7 Å². The maximum absolute atomic E-state index is 13.8. The molecule has 3 rings (SSSR count). The molecule has 0 bridgehead atoms. The third-order valence-electron chi connectivity index (χ3n) is 4.91. The summed E-state index contributed by atoms with van der Waals surface area (Å²) in [5, 5.41) is 3.04. The number of fused-ring (bicyclic) bond motifs is 1. The summed E-state index contributed by atoms with van der Waals surface area (Å²) in [7, 11) is 0. The van der Waals surface area contributed by atoms with Crippen LogP contribution in [0.5, 0.6) is 0 Å². The van der Waals surface area contributed by atoms with E-state index >= 15 is 0 Å². The Hall–Kier alpha value is -3.13. The van der Waals surface area contributed by atoms with Gasteiger partial charge in [-0.2, -0.15) is 0 Å². The summed E-state index contributed by atoms with van der Waals surface area (Å²) in [5.74, 6) is -5.01. The van der Waals surface area contributed by atoms with Gasteiger partial charge in [0, 0.05) is 18.0 Å². The first-order valence-corrected chi connectivity index (χ1v) is 10.0. The zero-order valence-corrected chi connectivity index (χ0v) is 17.3. The van der Waals surface area contributed by atoms with E-state index in [0.717, 1.165) is 35.9 Å². The number of carbonyl (C=O) groups is 1. The van der Waals surface area contributed by atoms with Crippen LogP contribution >= 0.6 is 0 Å². The number of amides is 1. The van der Waals surface area contributed by atoms with Gasteiger partial charge in [-0.05, 0) is 48.7 Å². The highest BCUT2D eigenvalue weighted by atomic mass is 19.2. The van der Waals surface area contributed by atoms with Crippen LogP contribution < -0.4 is 10.9 Å². The fourth-order valence-corrected chi connectivity index (χ4v) is 3.41. The molecule has 0 atom stereocenters. The van der Waals surface area contributed by atoms with E-state index in [9.17, 15) is 22.8 Å². The standard InChI is InChI=1S/C23H23F3N2O3/c1-3-9-28(13-20(29)27-18-8-7-17(24)22(25)23(18)26)12-15-11-21(30)31-19-10-14(4-2)5-6-16(15)19/h5-8,10-11H,3-4,9,12-13H2,1-2H3,(H,27,29). The van der Waals surface area contributed by atoms with Gasteiger partial charge in [-0.15, -0.1) is 0 Å². The zero-order valence-electron chi connectivity index (χ0n) is 17.3. The van der Waals surface area contributed by atoms with Gasteiger partial charge in [-0.25, -0.2) is 18.0 Å². The molecule has 1 aromatic heterocycles. The Labute approximate surface area is 177 Å². The number of nitrogens with zero attached hydrogens (tertiary/aromatic N) is 1. The molecule has 1 amide bonds. The maximum atomic E-state index is 13.8. The van der Waals surface area contributed by atoms with Crippen molar-refractivity contribution in [3.63, 3.8) is 0 Å². The number of rotatable bonds is 8. The maximum Gasteiger partial charge on any atom is 0.336 e. The minimum absolute atomic E-state index is 0.124. The van der Waals surface area contributed by atoms with Crippen LogP contribution in [-0.2, 0) is 17.8 Å². The molecule has 0 fully saturated rings. The number of carbonyl (C=O) groups excluding carboxylic acids is 1. The van der Waals surface area contributed by atoms with Crippen LogP contribution in [0.2, 0.25) is 0 Å². The monoisotopic (exact) mass is 432 g/mol. The van der Waals surface area contributed by atoms with E-state index in [1.807, 2.05) is 32.0 Å². The van der Waals surface area contributed by atoms with E-state index in [1.54, 1.807) is 4.90 Å². The first-order chi connectivity index (χ1) is 14.8. The van der Waals surface area contributed by atoms with Crippen molar-refractivity contribution < 1.29 is 22.4 Å². The Morgan fingerprint density at radius 1 is 1.06 bits per heavy atom. The van der Waals surface area contributed by atoms with Gasteiger partial charge >= 0.3 is 5.63 Å². The molecule has 0 saturated heterocycles. The van der Waals surface area contributed by atoms with Gasteiger partial charge in [-0.3, -0.25) is 9.69 Å². The average Bonchev–Trinajstić information content (AvgIpc) is 2.73. The quantitative estimate of drug-likeness (QED) is 0.417. The van der Waals surface area contributed by atoms with Crippen molar-refractivity contribution in [2.75, 3.05) is 18.4 Å². The normalized spacial score (nSPS) is 11.3. The summed E-state index contributed by atoms with van der Waals surface area (Å²) in [6.07, 6.45) is 1.53. The molecule has 31 heavy (non-hydrogen) atoms. The van der Waals surface area contributed by atoms with Gasteiger partial charge in [0.25, 0.3) is 0 Å². The zero-order chi connectivity index (χ0) is 22.5. The van der Waals surface area contributed by atoms with E-state index in [2.05, 4.69) is 5.32 Å². The predicted molar refractivity (Wildman–Crippen MR) is 112 cm³/mol. The molecule has 0 radical (unpaired) electrons. The van der Waals surface area contributed by atoms with E-state index in [4.69, 9.17) is 4.42 Å². The molecule has 2 aromatic carbocycles. The minimum Gasteiger partial charge on any atom is -0.423 e. The van der Waals surface area contributed by atoms with Crippen molar-refractivity contribution in [1.82, 2.24) is 4.90 Å². The highest BCUT2D eigenvalue weighted by Crippen LogP contribution is 2.22. The van der Waals surface area contributed by atoms with Gasteiger partial charge in [0.2, 0.25) is 5.91 Å². The molecule has 3 aromatic rings. The third-order valence-corrected chi connectivity index (χ3v) is 4.91. The first kappa shape index (κ1) is 22.6. The molecular formula is C23H23F3N2O3. The molecule has 1 heterocycles. The lowest BCUT2D eigenvalue weighted by Gasteiger charge is -2.22. The summed E-state index contributed by atoms with van der Waals surface area (Å²) in [6.45, 7) is 4.63. The fraction of sp³-hybridized carbons (Fsp3) is 0.304. The molecule has 0 unspecified atom stereocenters. The summed E-state index contributed by atoms with van der Waals surface area (Å²) in [4.78, 5) is 26.3. The Balaban J connectivity index is 1.81. The molecule has 0 saturated carbocycles. The Morgan fingerprint density at radius 3 is 2.55 bits per heavy atom. The molecule has 0 aliphatic heterocycles. The van der Waals surface area contributed by atoms with E-state index in [0.29, 0.717) is 17.7 Å². The number of benzene rings is 2. The van der Waals surface area contributed by atoms with E-state index in [1.165, 1.54) is 6.07 Å². The van der Waals surface area contributed by atoms with Gasteiger partial charge in [0.05, 0.1) is 12.2 Å². The molecule has 164 valence electrons. The Kier molecular flexibility index (Phi) is 7.12. The van der Waals surface area contributed by atoms with Crippen LogP contribution in [0.4, 0.5) is 18.9 Å². The molecule has 5 nitrogen and oxygen atoms in total. The van der Waals surface area contributed by atoms with Crippen LogP contribution in [0.25, 0.3) is 11.0 Å². The number of hydrogen-bond donors (Lipinski definition) is 1. The molecule has 0 spiro atoms. The second-order valence-electron chi connectivity index (χ2n) is 7.26. The number of anilines is 1. The Morgan fingerprint density at radius 2 is 1.84 bits per heavy atom. The molecule has 8 heteroatoms. The average molecular weight is 432 g/mol. The van der Waals surface area contributed by atoms with Gasteiger partial charge < -0.3 is 9.73 Å². The number of halogens is 3. The first-order valence-electron chi connectivity index (χ1n) is 10.0. The van der Waals surface area contributed by atoms with Crippen molar-refractivity contribution in [2.24, 2.45) is 0 Å². The highest BCUT2D eigenvalue weighted by Gasteiger charge is 2.18. The molecule has 0 aliphatic carbocycles. The van der Waals surface area contributed by atoms with Crippen molar-refractivity contribution in [3.8, 4) is 0 Å². The summed E-state index contributed by atoms with van der Waals surface area (Å²) < 4.78 is 45.7. The smallest absolute Gasteiger partial charge is 0.336 e. The molecular weight excluding hydrogens is 409 g/mol. The van der Waals surface area contributed by atoms with Crippen molar-refractivity contribution >= 4 is 22.6 Å². The topological polar surface area (TPSA) is 62.6 Å². The molecule has 1 N–H and O–H groups in total. The predicted octanol–water partition coefficient (Wildman–Crippen LogP) is 4.62. The summed E-state index contributed by atoms with van der Waals surface area (Å²) >= 11 is 0. The second kappa shape index (κ2) is 9.78. The largest absolute Gasteiger partial charge is 0.423 e. The number of nitrogens with one attached hydrogen (secondary N) is 1. The second-order valence-corrected chi connectivity index (χ2v) is 7.26. The lowest BCUT2D eigenvalue weighted by molar-refractivity contribution is -0.117. The Bertz CT molecular complexity index is 1160. The fourth-order valence-electron chi connectivity index (χ4n) is 3.41. The van der Waals surface area contributed by atoms with Crippen LogP contribution in [0.1, 0.15) is 31.4 Å². The van der Waals surface area contributed by atoms with Crippen molar-refractivity contribution in [2.45, 2.75) is 33.2 Å². The SMILES string of the molecule is CCCN(CC(=O)Nc1ccc(F)c(F)c1F)Cc1cc(=O)oc2cc(CC)ccc12. The van der Waals surface area contributed by atoms with Crippen LogP contribution in [0.3, 0.4) is 0 Å². The van der Waals surface area contributed by atoms with Crippen molar-refractivity contribution in [1.29, 1.82) is 0 Å². The van der Waals surface area contributed by atoms with Crippen molar-refractivity contribution in [3.05, 3.63) is 75.4 Å². The number of hydrogen-bond acceptors (Lipinski definition) is 4. The third kappa shape index (κ3) is 5.32. The van der Waals surface area contributed by atoms with Gasteiger partial charge in [-0.1, -0.05) is 26.0 Å². The van der Waals surface area contributed by atoms with Crippen LogP contribution in [0.15, 0.2) is 45.6 Å². The van der Waals surface area contributed by atoms with Crippen LogP contribution in [0, 0.1) is 17.5 Å². The lowest BCUT2D eigenvalue weighted by atomic mass is 10.1. The lowest BCUT2D eigenvalue weighted by Crippen LogP contribution is -2.34. The highest BCUT2D eigenvalue weighted by molar-refractivity contribution is 5.92. The summed E-state index contributed by atoms with van der Waals surface area (Å²) in [5.41, 5.74) is 1.30. The van der Waals surface area contributed by atoms with E-state index in [-0.39, 0.29) is 13.1 Å². The molecule has 0 aliphatic rings. The van der Waals surface area contributed by atoms with Crippen LogP contribution in [-0.4, -0.2) is 23.9 Å². The summed E-state index contributed by atoms with van der Waals surface area (Å²) in [6, 6.07) is 8.77. The van der Waals surface area contributed by atoms with Gasteiger partial charge in [0.15, 0.2) is 17.5 Å². The van der Waals surface area contributed by atoms with Gasteiger partial charge in [0.1, 0.15) is 5.58 Å². The minimum atomic E-state index is -1.64.